The van der Waals surface area contributed by atoms with E-state index < -0.39 is 29.6 Å². The van der Waals surface area contributed by atoms with Gasteiger partial charge in [0.2, 0.25) is 5.91 Å². The fourth-order valence-electron chi connectivity index (χ4n) is 5.87. The van der Waals surface area contributed by atoms with Crippen LogP contribution in [-0.4, -0.2) is 34.7 Å². The number of hydrogen-bond donors (Lipinski definition) is 3. The summed E-state index contributed by atoms with van der Waals surface area (Å²) in [6.07, 6.45) is -4.47. The van der Waals surface area contributed by atoms with Crippen molar-refractivity contribution in [2.24, 2.45) is 0 Å². The fourth-order valence-corrected chi connectivity index (χ4v) is 5.87. The number of benzene rings is 5. The van der Waals surface area contributed by atoms with Crippen LogP contribution in [0.25, 0.3) is 22.0 Å². The molecule has 0 bridgehead atoms. The highest BCUT2D eigenvalue weighted by atomic mass is 19.4. The van der Waals surface area contributed by atoms with Crippen LogP contribution in [0.4, 0.5) is 18.9 Å². The lowest BCUT2D eigenvalue weighted by atomic mass is 9.98. The molecule has 6 rings (SSSR count). The summed E-state index contributed by atoms with van der Waals surface area (Å²) in [5, 5.41) is 6.51. The Morgan fingerprint density at radius 3 is 2.10 bits per heavy atom. The second kappa shape index (κ2) is 14.1. The molecule has 0 fully saturated rings. The molecule has 0 aliphatic carbocycles. The van der Waals surface area contributed by atoms with E-state index in [1.54, 1.807) is 66.5 Å². The van der Waals surface area contributed by atoms with Gasteiger partial charge in [-0.15, -0.1) is 0 Å². The van der Waals surface area contributed by atoms with E-state index in [4.69, 9.17) is 0 Å². The van der Waals surface area contributed by atoms with Crippen molar-refractivity contribution in [2.75, 3.05) is 12.4 Å². The van der Waals surface area contributed by atoms with Crippen molar-refractivity contribution in [1.29, 1.82) is 0 Å². The van der Waals surface area contributed by atoms with Gasteiger partial charge in [0.25, 0.3) is 11.8 Å². The number of carbonyl (C=O) groups excluding carboxylic acids is 3. The van der Waals surface area contributed by atoms with Gasteiger partial charge in [0.1, 0.15) is 11.7 Å². The Morgan fingerprint density at radius 1 is 0.780 bits per heavy atom. The number of carbonyl (C=O) groups is 3. The van der Waals surface area contributed by atoms with Gasteiger partial charge in [-0.3, -0.25) is 14.4 Å². The molecule has 1 atom stereocenters. The first-order chi connectivity index (χ1) is 24.0. The Kier molecular flexibility index (Phi) is 9.54. The molecule has 0 saturated carbocycles. The highest BCUT2D eigenvalue weighted by Gasteiger charge is 2.30. The molecular formula is C40H33F3N4O3. The van der Waals surface area contributed by atoms with Crippen LogP contribution in [0.1, 0.15) is 49.1 Å². The van der Waals surface area contributed by atoms with Crippen LogP contribution in [0.3, 0.4) is 0 Å². The Bertz CT molecular complexity index is 2160. The van der Waals surface area contributed by atoms with Crippen molar-refractivity contribution in [1.82, 2.24) is 15.2 Å². The van der Waals surface area contributed by atoms with Gasteiger partial charge < -0.3 is 20.5 Å². The van der Waals surface area contributed by atoms with E-state index in [9.17, 15) is 27.6 Å². The molecule has 7 nitrogen and oxygen atoms in total. The number of nitrogens with one attached hydrogen (secondary N) is 3. The first-order valence-electron chi connectivity index (χ1n) is 15.8. The predicted molar refractivity (Wildman–Crippen MR) is 187 cm³/mol. The average Bonchev–Trinajstić information content (AvgIpc) is 3.57. The summed E-state index contributed by atoms with van der Waals surface area (Å²) >= 11 is 0. The third-order valence-corrected chi connectivity index (χ3v) is 8.55. The van der Waals surface area contributed by atoms with Gasteiger partial charge in [-0.2, -0.15) is 13.2 Å². The van der Waals surface area contributed by atoms with Crippen LogP contribution in [0.15, 0.2) is 127 Å². The number of amides is 3. The van der Waals surface area contributed by atoms with Crippen LogP contribution in [-0.2, 0) is 17.5 Å². The summed E-state index contributed by atoms with van der Waals surface area (Å²) in [5.41, 5.74) is 4.13. The number of aryl methyl sites for hydroxylation is 1. The van der Waals surface area contributed by atoms with Gasteiger partial charge in [0, 0.05) is 35.7 Å². The van der Waals surface area contributed by atoms with Crippen molar-refractivity contribution in [3.8, 4) is 11.1 Å². The smallest absolute Gasteiger partial charge is 0.351 e. The average molecular weight is 675 g/mol. The van der Waals surface area contributed by atoms with Crippen molar-refractivity contribution >= 4 is 34.3 Å². The standard InChI is InChI=1S/C40H33F3N4O3/c1-25-32-23-35(38(49)46-36(28-13-7-4-8-14-28)39(50)47(2)24-26-11-5-3-6-12-26)44-34(32)22-21-33(25)45-37(48)31-16-10-9-15-30(31)27-17-19-29(20-18-27)40(41,42)43/h3-23,36,44H,24H2,1-2H3,(H,45,48)(H,46,49)/t36-/m0/s1. The zero-order chi connectivity index (χ0) is 35.4. The van der Waals surface area contributed by atoms with E-state index in [-0.39, 0.29) is 17.2 Å². The summed E-state index contributed by atoms with van der Waals surface area (Å²) in [6, 6.07) is 34.1. The second-order valence-electron chi connectivity index (χ2n) is 12.0. The van der Waals surface area contributed by atoms with E-state index in [0.717, 1.165) is 17.7 Å². The Labute approximate surface area is 286 Å². The van der Waals surface area contributed by atoms with Gasteiger partial charge in [-0.1, -0.05) is 91.0 Å². The maximum atomic E-state index is 13.7. The third-order valence-electron chi connectivity index (χ3n) is 8.55. The zero-order valence-electron chi connectivity index (χ0n) is 27.2. The number of rotatable bonds is 9. The van der Waals surface area contributed by atoms with Crippen LogP contribution < -0.4 is 10.6 Å². The number of nitrogens with zero attached hydrogens (tertiary/aromatic N) is 1. The first kappa shape index (κ1) is 33.7. The Hall–Kier alpha value is -6.16. The largest absolute Gasteiger partial charge is 0.416 e. The molecule has 0 aliphatic heterocycles. The number of hydrogen-bond acceptors (Lipinski definition) is 3. The molecule has 0 spiro atoms. The number of H-pyrrole nitrogens is 1. The van der Waals surface area contributed by atoms with Gasteiger partial charge in [0.05, 0.1) is 5.56 Å². The third kappa shape index (κ3) is 7.29. The number of aromatic amines is 1. The summed E-state index contributed by atoms with van der Waals surface area (Å²) < 4.78 is 39.4. The van der Waals surface area contributed by atoms with Crippen LogP contribution in [0.5, 0.6) is 0 Å². The minimum absolute atomic E-state index is 0.235. The normalized spacial score (nSPS) is 11.9. The van der Waals surface area contributed by atoms with Crippen molar-refractivity contribution < 1.29 is 27.6 Å². The molecule has 10 heteroatoms. The maximum absolute atomic E-state index is 13.7. The minimum Gasteiger partial charge on any atom is -0.351 e. The van der Waals surface area contributed by atoms with E-state index in [1.165, 1.54) is 12.1 Å². The van der Waals surface area contributed by atoms with Crippen LogP contribution >= 0.6 is 0 Å². The monoisotopic (exact) mass is 674 g/mol. The lowest BCUT2D eigenvalue weighted by molar-refractivity contribution is -0.137. The van der Waals surface area contributed by atoms with E-state index in [0.29, 0.717) is 45.4 Å². The molecule has 252 valence electrons. The van der Waals surface area contributed by atoms with E-state index >= 15 is 0 Å². The molecule has 1 aromatic heterocycles. The van der Waals surface area contributed by atoms with Crippen molar-refractivity contribution in [2.45, 2.75) is 25.7 Å². The molecule has 50 heavy (non-hydrogen) atoms. The quantitative estimate of drug-likeness (QED) is 0.144. The summed E-state index contributed by atoms with van der Waals surface area (Å²) in [6.45, 7) is 2.18. The molecule has 0 aliphatic rings. The van der Waals surface area contributed by atoms with Gasteiger partial charge in [-0.25, -0.2) is 0 Å². The number of halogens is 3. The summed E-state index contributed by atoms with van der Waals surface area (Å²) in [4.78, 5) is 45.6. The Morgan fingerprint density at radius 2 is 1.42 bits per heavy atom. The summed E-state index contributed by atoms with van der Waals surface area (Å²) in [5.74, 6) is -1.20. The lowest BCUT2D eigenvalue weighted by Crippen LogP contribution is -2.41. The predicted octanol–water partition coefficient (Wildman–Crippen LogP) is 8.54. The fraction of sp³-hybridized carbons (Fsp3) is 0.125. The maximum Gasteiger partial charge on any atom is 0.416 e. The minimum atomic E-state index is -4.47. The number of aromatic nitrogens is 1. The molecule has 5 aromatic carbocycles. The molecule has 6 aromatic rings. The van der Waals surface area contributed by atoms with E-state index in [1.807, 2.05) is 55.5 Å². The van der Waals surface area contributed by atoms with Crippen LogP contribution in [0.2, 0.25) is 0 Å². The molecular weight excluding hydrogens is 641 g/mol. The SMILES string of the molecule is Cc1c(NC(=O)c2ccccc2-c2ccc(C(F)(F)F)cc2)ccc2[nH]c(C(=O)N[C@H](C(=O)N(C)Cc3ccccc3)c3ccccc3)cc12. The molecule has 0 unspecified atom stereocenters. The lowest BCUT2D eigenvalue weighted by Gasteiger charge is -2.25. The molecule has 0 saturated heterocycles. The molecule has 0 radical (unpaired) electrons. The number of alkyl halides is 3. The van der Waals surface area contributed by atoms with Gasteiger partial charge in [0.15, 0.2) is 0 Å². The molecule has 1 heterocycles. The van der Waals surface area contributed by atoms with Crippen molar-refractivity contribution in [3.05, 3.63) is 161 Å². The first-order valence-corrected chi connectivity index (χ1v) is 15.8. The molecule has 3 amide bonds. The second-order valence-corrected chi connectivity index (χ2v) is 12.0. The van der Waals surface area contributed by atoms with Gasteiger partial charge >= 0.3 is 6.18 Å². The molecule has 3 N–H and O–H groups in total. The van der Waals surface area contributed by atoms with Crippen molar-refractivity contribution in [3.63, 3.8) is 0 Å². The highest BCUT2D eigenvalue weighted by Crippen LogP contribution is 2.33. The van der Waals surface area contributed by atoms with Crippen LogP contribution in [0, 0.1) is 6.92 Å². The zero-order valence-corrected chi connectivity index (χ0v) is 27.2. The number of fused-ring (bicyclic) bond motifs is 1. The number of anilines is 1. The summed E-state index contributed by atoms with van der Waals surface area (Å²) in [7, 11) is 1.70. The topological polar surface area (TPSA) is 94.3 Å². The van der Waals surface area contributed by atoms with E-state index in [2.05, 4.69) is 15.6 Å². The highest BCUT2D eigenvalue weighted by molar-refractivity contribution is 6.10. The number of likely N-dealkylation sites (N-methyl/N-ethyl adjacent to an activating group) is 1. The van der Waals surface area contributed by atoms with Gasteiger partial charge in [-0.05, 0) is 71.1 Å². The Balaban J connectivity index is 1.22.